The van der Waals surface area contributed by atoms with Crippen molar-refractivity contribution in [1.29, 1.82) is 0 Å². The second-order valence-electron chi connectivity index (χ2n) is 7.61. The third-order valence-corrected chi connectivity index (χ3v) is 6.37. The summed E-state index contributed by atoms with van der Waals surface area (Å²) in [5, 5.41) is 3.59. The third kappa shape index (κ3) is 2.63. The Labute approximate surface area is 127 Å². The van der Waals surface area contributed by atoms with Gasteiger partial charge < -0.3 is 5.32 Å². The van der Waals surface area contributed by atoms with Crippen LogP contribution in [-0.4, -0.2) is 13.1 Å². The molecule has 4 rings (SSSR count). The predicted octanol–water partition coefficient (Wildman–Crippen LogP) is 4.49. The molecule has 3 aliphatic rings. The highest BCUT2D eigenvalue weighted by Crippen LogP contribution is 2.56. The van der Waals surface area contributed by atoms with E-state index >= 15 is 0 Å². The van der Waals surface area contributed by atoms with Crippen molar-refractivity contribution in [2.75, 3.05) is 13.1 Å². The lowest BCUT2D eigenvalue weighted by Gasteiger charge is -2.50. The summed E-state index contributed by atoms with van der Waals surface area (Å²) >= 11 is 0. The van der Waals surface area contributed by atoms with Crippen molar-refractivity contribution in [3.63, 3.8) is 0 Å². The molecular formula is C19H26FN. The van der Waals surface area contributed by atoms with Crippen LogP contribution in [0.3, 0.4) is 0 Å². The summed E-state index contributed by atoms with van der Waals surface area (Å²) in [5.41, 5.74) is 1.83. The highest BCUT2D eigenvalue weighted by atomic mass is 19.1. The van der Waals surface area contributed by atoms with Gasteiger partial charge in [0.25, 0.3) is 0 Å². The molecule has 1 spiro atoms. The molecule has 1 N–H and O–H groups in total. The van der Waals surface area contributed by atoms with Crippen LogP contribution in [0.1, 0.15) is 56.4 Å². The summed E-state index contributed by atoms with van der Waals surface area (Å²) < 4.78 is 13.2. The van der Waals surface area contributed by atoms with Gasteiger partial charge in [0, 0.05) is 12.5 Å². The van der Waals surface area contributed by atoms with E-state index in [1.165, 1.54) is 50.5 Å². The van der Waals surface area contributed by atoms with Crippen molar-refractivity contribution >= 4 is 0 Å². The van der Waals surface area contributed by atoms with Crippen LogP contribution in [0.4, 0.5) is 4.39 Å². The molecule has 0 amide bonds. The monoisotopic (exact) mass is 287 g/mol. The average molecular weight is 287 g/mol. The van der Waals surface area contributed by atoms with E-state index in [9.17, 15) is 4.39 Å². The fraction of sp³-hybridized carbons (Fsp3) is 0.684. The highest BCUT2D eigenvalue weighted by Gasteiger charge is 2.47. The molecular weight excluding hydrogens is 261 g/mol. The van der Waals surface area contributed by atoms with Gasteiger partial charge in [0.2, 0.25) is 0 Å². The van der Waals surface area contributed by atoms with Crippen molar-refractivity contribution in [3.05, 3.63) is 35.6 Å². The normalized spacial score (nSPS) is 36.8. The van der Waals surface area contributed by atoms with Crippen LogP contribution >= 0.6 is 0 Å². The van der Waals surface area contributed by atoms with Gasteiger partial charge in [-0.05, 0) is 73.6 Å². The minimum Gasteiger partial charge on any atom is -0.316 e. The Balaban J connectivity index is 1.61. The van der Waals surface area contributed by atoms with Gasteiger partial charge in [-0.3, -0.25) is 0 Å². The number of piperidine rings is 1. The van der Waals surface area contributed by atoms with Crippen LogP contribution in [0, 0.1) is 23.1 Å². The number of benzene rings is 1. The number of rotatable bonds is 2. The maximum Gasteiger partial charge on any atom is 0.123 e. The van der Waals surface area contributed by atoms with Gasteiger partial charge in [-0.25, -0.2) is 4.39 Å². The second-order valence-corrected chi connectivity index (χ2v) is 7.61. The van der Waals surface area contributed by atoms with Gasteiger partial charge in [-0.1, -0.05) is 25.0 Å². The van der Waals surface area contributed by atoms with E-state index in [1.54, 1.807) is 12.1 Å². The fourth-order valence-corrected chi connectivity index (χ4v) is 5.10. The average Bonchev–Trinajstić information content (AvgIpc) is 3.34. The lowest BCUT2D eigenvalue weighted by Crippen LogP contribution is -2.46. The zero-order valence-electron chi connectivity index (χ0n) is 12.8. The SMILES string of the molecule is Fc1ccc(C2CNCCC23CCCC(C2CC2)C3)cc1. The number of hydrogen-bond acceptors (Lipinski definition) is 1. The zero-order valence-corrected chi connectivity index (χ0v) is 12.8. The van der Waals surface area contributed by atoms with E-state index in [1.807, 2.05) is 12.1 Å². The highest BCUT2D eigenvalue weighted by molar-refractivity contribution is 5.25. The van der Waals surface area contributed by atoms with E-state index < -0.39 is 0 Å². The Morgan fingerprint density at radius 2 is 1.81 bits per heavy atom. The van der Waals surface area contributed by atoms with Crippen molar-refractivity contribution < 1.29 is 4.39 Å². The lowest BCUT2D eigenvalue weighted by molar-refractivity contribution is 0.0629. The minimum absolute atomic E-state index is 0.115. The Morgan fingerprint density at radius 3 is 2.57 bits per heavy atom. The maximum absolute atomic E-state index is 13.2. The Hall–Kier alpha value is -0.890. The molecule has 1 saturated heterocycles. The van der Waals surface area contributed by atoms with Gasteiger partial charge in [0.15, 0.2) is 0 Å². The summed E-state index contributed by atoms with van der Waals surface area (Å²) in [6.45, 7) is 2.23. The first kappa shape index (κ1) is 13.8. The van der Waals surface area contributed by atoms with E-state index in [-0.39, 0.29) is 5.82 Å². The first-order valence-corrected chi connectivity index (χ1v) is 8.73. The van der Waals surface area contributed by atoms with E-state index in [2.05, 4.69) is 5.32 Å². The zero-order chi connectivity index (χ0) is 14.3. The molecule has 2 aliphatic carbocycles. The molecule has 1 heterocycles. The summed E-state index contributed by atoms with van der Waals surface area (Å²) in [7, 11) is 0. The molecule has 3 fully saturated rings. The fourth-order valence-electron chi connectivity index (χ4n) is 5.10. The molecule has 0 bridgehead atoms. The molecule has 21 heavy (non-hydrogen) atoms. The van der Waals surface area contributed by atoms with Crippen LogP contribution in [0.5, 0.6) is 0 Å². The standard InChI is InChI=1S/C19H26FN/c20-17-7-5-15(6-8-17)18-13-21-11-10-19(18)9-1-2-16(12-19)14-3-4-14/h5-8,14,16,18,21H,1-4,9-13H2. The Kier molecular flexibility index (Phi) is 3.53. The van der Waals surface area contributed by atoms with Gasteiger partial charge in [-0.15, -0.1) is 0 Å². The van der Waals surface area contributed by atoms with Crippen LogP contribution < -0.4 is 5.32 Å². The molecule has 2 heteroatoms. The molecule has 114 valence electrons. The van der Waals surface area contributed by atoms with Gasteiger partial charge in [-0.2, -0.15) is 0 Å². The van der Waals surface area contributed by atoms with Crippen molar-refractivity contribution in [3.8, 4) is 0 Å². The van der Waals surface area contributed by atoms with Gasteiger partial charge in [0.05, 0.1) is 0 Å². The lowest BCUT2D eigenvalue weighted by atomic mass is 9.58. The molecule has 1 nitrogen and oxygen atoms in total. The minimum atomic E-state index is -0.115. The molecule has 1 aromatic carbocycles. The predicted molar refractivity (Wildman–Crippen MR) is 83.7 cm³/mol. The summed E-state index contributed by atoms with van der Waals surface area (Å²) in [4.78, 5) is 0. The Morgan fingerprint density at radius 1 is 1.00 bits per heavy atom. The molecule has 3 atom stereocenters. The van der Waals surface area contributed by atoms with Crippen LogP contribution in [0.15, 0.2) is 24.3 Å². The van der Waals surface area contributed by atoms with Crippen molar-refractivity contribution in [1.82, 2.24) is 5.32 Å². The van der Waals surface area contributed by atoms with Crippen molar-refractivity contribution in [2.24, 2.45) is 17.3 Å². The molecule has 1 aromatic rings. The summed E-state index contributed by atoms with van der Waals surface area (Å²) in [5.74, 6) is 2.47. The maximum atomic E-state index is 13.2. The van der Waals surface area contributed by atoms with Crippen LogP contribution in [0.25, 0.3) is 0 Å². The molecule has 0 aromatic heterocycles. The first-order valence-electron chi connectivity index (χ1n) is 8.73. The summed E-state index contributed by atoms with van der Waals surface area (Å²) in [6, 6.07) is 7.32. The topological polar surface area (TPSA) is 12.0 Å². The quantitative estimate of drug-likeness (QED) is 0.845. The Bertz CT molecular complexity index is 489. The van der Waals surface area contributed by atoms with Gasteiger partial charge >= 0.3 is 0 Å². The van der Waals surface area contributed by atoms with Gasteiger partial charge in [0.1, 0.15) is 5.82 Å². The number of nitrogens with one attached hydrogen (secondary N) is 1. The molecule has 3 unspecified atom stereocenters. The van der Waals surface area contributed by atoms with Crippen LogP contribution in [-0.2, 0) is 0 Å². The van der Waals surface area contributed by atoms with E-state index in [0.717, 1.165) is 24.9 Å². The summed E-state index contributed by atoms with van der Waals surface area (Å²) in [6.07, 6.45) is 9.90. The molecule has 0 radical (unpaired) electrons. The van der Waals surface area contributed by atoms with Crippen LogP contribution in [0.2, 0.25) is 0 Å². The molecule has 2 saturated carbocycles. The molecule has 1 aliphatic heterocycles. The second kappa shape index (κ2) is 5.39. The third-order valence-electron chi connectivity index (χ3n) is 6.37. The van der Waals surface area contributed by atoms with Crippen molar-refractivity contribution in [2.45, 2.75) is 50.9 Å². The first-order chi connectivity index (χ1) is 10.3. The largest absolute Gasteiger partial charge is 0.316 e. The van der Waals surface area contributed by atoms with E-state index in [4.69, 9.17) is 0 Å². The smallest absolute Gasteiger partial charge is 0.123 e. The number of halogens is 1. The number of hydrogen-bond donors (Lipinski definition) is 1. The van der Waals surface area contributed by atoms with E-state index in [0.29, 0.717) is 11.3 Å².